The van der Waals surface area contributed by atoms with Crippen LogP contribution in [-0.4, -0.2) is 14.2 Å². The Kier molecular flexibility index (Phi) is 4.73. The highest BCUT2D eigenvalue weighted by Crippen LogP contribution is 2.38. The molecule has 3 heteroatoms. The third-order valence-corrected chi connectivity index (χ3v) is 9.19. The van der Waals surface area contributed by atoms with Gasteiger partial charge in [-0.15, -0.1) is 5.54 Å². The minimum atomic E-state index is -1.34. The molecule has 2 atom stereocenters. The van der Waals surface area contributed by atoms with Crippen molar-refractivity contribution >= 4 is 19.7 Å². The van der Waals surface area contributed by atoms with E-state index in [0.717, 1.165) is 5.02 Å². The summed E-state index contributed by atoms with van der Waals surface area (Å²) in [7, 11) is -1.34. The fraction of sp³-hybridized carbons (Fsp3) is 0.500. The van der Waals surface area contributed by atoms with E-state index in [1.807, 2.05) is 24.3 Å². The SMILES string of the molecule is CC[Si](C#C[C@@H]1O[C@@H]1c1ccc(Cl)cc1)(CC)CC. The molecular formula is C16H21ClOSi. The number of halogens is 1. The summed E-state index contributed by atoms with van der Waals surface area (Å²) in [5, 5.41) is 0.765. The smallest absolute Gasteiger partial charge is 0.148 e. The summed E-state index contributed by atoms with van der Waals surface area (Å²) in [6.07, 6.45) is 0.250. The molecule has 0 aliphatic carbocycles. The van der Waals surface area contributed by atoms with Crippen molar-refractivity contribution in [2.45, 2.75) is 51.1 Å². The van der Waals surface area contributed by atoms with E-state index in [4.69, 9.17) is 16.3 Å². The Balaban J connectivity index is 2.02. The van der Waals surface area contributed by atoms with Gasteiger partial charge in [-0.2, -0.15) is 0 Å². The first kappa shape index (κ1) is 14.7. The van der Waals surface area contributed by atoms with E-state index in [-0.39, 0.29) is 12.2 Å². The maximum atomic E-state index is 5.89. The maximum Gasteiger partial charge on any atom is 0.148 e. The van der Waals surface area contributed by atoms with E-state index in [0.29, 0.717) is 0 Å². The number of hydrogen-bond donors (Lipinski definition) is 0. The van der Waals surface area contributed by atoms with Gasteiger partial charge in [-0.1, -0.05) is 50.4 Å². The van der Waals surface area contributed by atoms with Crippen LogP contribution in [0.3, 0.4) is 0 Å². The Hall–Kier alpha value is -0.753. The monoisotopic (exact) mass is 292 g/mol. The fourth-order valence-electron chi connectivity index (χ4n) is 2.37. The van der Waals surface area contributed by atoms with Gasteiger partial charge < -0.3 is 4.74 Å². The molecule has 1 fully saturated rings. The first-order valence-corrected chi connectivity index (χ1v) is 10.1. The lowest BCUT2D eigenvalue weighted by Crippen LogP contribution is -2.29. The Labute approximate surface area is 122 Å². The van der Waals surface area contributed by atoms with Crippen LogP contribution in [0.25, 0.3) is 0 Å². The highest BCUT2D eigenvalue weighted by molar-refractivity contribution is 6.87. The molecule has 0 bridgehead atoms. The molecule has 1 aromatic carbocycles. The third-order valence-electron chi connectivity index (χ3n) is 4.20. The van der Waals surface area contributed by atoms with Gasteiger partial charge in [0.05, 0.1) is 0 Å². The van der Waals surface area contributed by atoms with E-state index in [1.54, 1.807) is 0 Å². The lowest BCUT2D eigenvalue weighted by atomic mass is 10.1. The average Bonchev–Trinajstić information content (AvgIpc) is 3.21. The Morgan fingerprint density at radius 2 is 1.68 bits per heavy atom. The second kappa shape index (κ2) is 6.13. The van der Waals surface area contributed by atoms with Gasteiger partial charge in [0.2, 0.25) is 0 Å². The van der Waals surface area contributed by atoms with Crippen LogP contribution >= 0.6 is 11.6 Å². The van der Waals surface area contributed by atoms with Crippen LogP contribution in [0.1, 0.15) is 32.4 Å². The molecule has 1 saturated heterocycles. The Bertz CT molecular complexity index is 473. The van der Waals surface area contributed by atoms with Crippen molar-refractivity contribution in [1.82, 2.24) is 0 Å². The lowest BCUT2D eigenvalue weighted by Gasteiger charge is -2.19. The fourth-order valence-corrected chi connectivity index (χ4v) is 4.97. The molecule has 0 radical (unpaired) electrons. The van der Waals surface area contributed by atoms with Crippen LogP contribution in [0.2, 0.25) is 23.2 Å². The van der Waals surface area contributed by atoms with Gasteiger partial charge in [0.25, 0.3) is 0 Å². The first-order chi connectivity index (χ1) is 9.14. The highest BCUT2D eigenvalue weighted by atomic mass is 35.5. The zero-order chi connectivity index (χ0) is 13.9. The van der Waals surface area contributed by atoms with Gasteiger partial charge in [-0.25, -0.2) is 0 Å². The van der Waals surface area contributed by atoms with Gasteiger partial charge in [0.15, 0.2) is 0 Å². The van der Waals surface area contributed by atoms with Gasteiger partial charge in [-0.05, 0) is 35.8 Å². The molecular weight excluding hydrogens is 272 g/mol. The van der Waals surface area contributed by atoms with Crippen molar-refractivity contribution in [3.8, 4) is 11.5 Å². The zero-order valence-electron chi connectivity index (χ0n) is 11.9. The molecule has 0 unspecified atom stereocenters. The minimum absolute atomic E-state index is 0.0951. The average molecular weight is 293 g/mol. The molecule has 2 rings (SSSR count). The predicted octanol–water partition coefficient (Wildman–Crippen LogP) is 4.83. The number of epoxide rings is 1. The second-order valence-electron chi connectivity index (χ2n) is 5.14. The largest absolute Gasteiger partial charge is 0.351 e. The van der Waals surface area contributed by atoms with E-state index in [2.05, 4.69) is 32.2 Å². The summed E-state index contributed by atoms with van der Waals surface area (Å²) in [6.45, 7) is 6.83. The summed E-state index contributed by atoms with van der Waals surface area (Å²) in [6, 6.07) is 11.6. The summed E-state index contributed by atoms with van der Waals surface area (Å²) in [5.74, 6) is 3.37. The van der Waals surface area contributed by atoms with Gasteiger partial charge in [0.1, 0.15) is 20.3 Å². The van der Waals surface area contributed by atoms with Crippen molar-refractivity contribution in [2.75, 3.05) is 0 Å². The minimum Gasteiger partial charge on any atom is -0.351 e. The van der Waals surface area contributed by atoms with Crippen LogP contribution in [0.15, 0.2) is 24.3 Å². The Morgan fingerprint density at radius 1 is 1.11 bits per heavy atom. The normalized spacial score (nSPS) is 21.7. The number of ether oxygens (including phenoxy) is 1. The van der Waals surface area contributed by atoms with Crippen LogP contribution < -0.4 is 0 Å². The number of rotatable bonds is 4. The molecule has 1 nitrogen and oxygen atoms in total. The molecule has 0 spiro atoms. The zero-order valence-corrected chi connectivity index (χ0v) is 13.6. The number of hydrogen-bond acceptors (Lipinski definition) is 1. The van der Waals surface area contributed by atoms with E-state index in [9.17, 15) is 0 Å². The van der Waals surface area contributed by atoms with Crippen LogP contribution in [-0.2, 0) is 4.74 Å². The van der Waals surface area contributed by atoms with Crippen LogP contribution in [0.4, 0.5) is 0 Å². The molecule has 102 valence electrons. The standard InChI is InChI=1S/C16H21ClOSi/c1-4-19(5-2,6-3)12-11-15-16(18-15)13-7-9-14(17)10-8-13/h7-10,15-16H,4-6H2,1-3H3/t15-,16+/m0/s1. The molecule has 0 saturated carbocycles. The maximum absolute atomic E-state index is 5.89. The van der Waals surface area contributed by atoms with Gasteiger partial charge >= 0.3 is 0 Å². The molecule has 1 aliphatic rings. The summed E-state index contributed by atoms with van der Waals surface area (Å²) in [5.41, 5.74) is 4.77. The topological polar surface area (TPSA) is 12.5 Å². The van der Waals surface area contributed by atoms with Crippen molar-refractivity contribution in [2.24, 2.45) is 0 Å². The molecule has 1 aromatic rings. The van der Waals surface area contributed by atoms with Crippen LogP contribution in [0, 0.1) is 11.5 Å². The molecule has 19 heavy (non-hydrogen) atoms. The molecule has 0 aromatic heterocycles. The van der Waals surface area contributed by atoms with Crippen molar-refractivity contribution in [3.05, 3.63) is 34.9 Å². The quantitative estimate of drug-likeness (QED) is 0.440. The van der Waals surface area contributed by atoms with Gasteiger partial charge in [0, 0.05) is 5.02 Å². The Morgan fingerprint density at radius 3 is 2.21 bits per heavy atom. The van der Waals surface area contributed by atoms with E-state index < -0.39 is 8.07 Å². The van der Waals surface area contributed by atoms with Crippen molar-refractivity contribution in [1.29, 1.82) is 0 Å². The third kappa shape index (κ3) is 3.42. The van der Waals surface area contributed by atoms with Gasteiger partial charge in [-0.3, -0.25) is 0 Å². The van der Waals surface area contributed by atoms with E-state index >= 15 is 0 Å². The summed E-state index contributed by atoms with van der Waals surface area (Å²) >= 11 is 5.89. The summed E-state index contributed by atoms with van der Waals surface area (Å²) < 4.78 is 5.68. The predicted molar refractivity (Wildman–Crippen MR) is 84.0 cm³/mol. The first-order valence-electron chi connectivity index (χ1n) is 7.07. The lowest BCUT2D eigenvalue weighted by molar-refractivity contribution is 0.397. The molecule has 0 amide bonds. The highest BCUT2D eigenvalue weighted by Gasteiger charge is 2.39. The molecule has 1 aliphatic heterocycles. The molecule has 0 N–H and O–H groups in total. The second-order valence-corrected chi connectivity index (χ2v) is 10.5. The molecule has 1 heterocycles. The summed E-state index contributed by atoms with van der Waals surface area (Å²) in [4.78, 5) is 0. The van der Waals surface area contributed by atoms with Crippen molar-refractivity contribution in [3.63, 3.8) is 0 Å². The van der Waals surface area contributed by atoms with Crippen molar-refractivity contribution < 1.29 is 4.74 Å². The number of benzene rings is 1. The van der Waals surface area contributed by atoms with Crippen LogP contribution in [0.5, 0.6) is 0 Å². The van der Waals surface area contributed by atoms with E-state index in [1.165, 1.54) is 23.7 Å².